The van der Waals surface area contributed by atoms with Gasteiger partial charge in [-0.2, -0.15) is 0 Å². The van der Waals surface area contributed by atoms with Crippen LogP contribution in [0.2, 0.25) is 0 Å². The number of para-hydroxylation sites is 1. The maximum absolute atomic E-state index is 11.4. The largest absolute Gasteiger partial charge is 0.480 e. The maximum Gasteiger partial charge on any atom is 0.326 e. The third kappa shape index (κ3) is 3.28. The topological polar surface area (TPSA) is 40.5 Å². The van der Waals surface area contributed by atoms with Crippen LogP contribution >= 0.6 is 0 Å². The molecule has 1 aromatic carbocycles. The summed E-state index contributed by atoms with van der Waals surface area (Å²) in [5.74, 6) is -0.704. The zero-order valence-electron chi connectivity index (χ0n) is 11.6. The summed E-state index contributed by atoms with van der Waals surface area (Å²) >= 11 is 0. The van der Waals surface area contributed by atoms with Crippen LogP contribution in [0.5, 0.6) is 0 Å². The van der Waals surface area contributed by atoms with Crippen LogP contribution in [0.25, 0.3) is 0 Å². The molecule has 0 aromatic heterocycles. The van der Waals surface area contributed by atoms with Crippen molar-refractivity contribution < 1.29 is 9.90 Å². The van der Waals surface area contributed by atoms with Crippen LogP contribution < -0.4 is 4.90 Å². The highest BCUT2D eigenvalue weighted by molar-refractivity contribution is 5.82. The molecule has 1 atom stereocenters. The number of anilines is 1. The summed E-state index contributed by atoms with van der Waals surface area (Å²) in [6.07, 6.45) is 6.68. The molecule has 1 unspecified atom stereocenters. The normalized spacial score (nSPS) is 17.5. The van der Waals surface area contributed by atoms with E-state index in [1.807, 2.05) is 24.3 Å². The number of unbranched alkanes of at least 4 members (excludes halogenated alkanes) is 4. The highest BCUT2D eigenvalue weighted by Crippen LogP contribution is 2.32. The molecule has 3 heteroatoms. The van der Waals surface area contributed by atoms with Crippen molar-refractivity contribution in [1.82, 2.24) is 0 Å². The second kappa shape index (κ2) is 6.60. The van der Waals surface area contributed by atoms with E-state index in [9.17, 15) is 9.90 Å². The summed E-state index contributed by atoms with van der Waals surface area (Å²) in [5, 5.41) is 9.35. The van der Waals surface area contributed by atoms with Crippen molar-refractivity contribution in [3.8, 4) is 0 Å². The Labute approximate surface area is 115 Å². The lowest BCUT2D eigenvalue weighted by Crippen LogP contribution is -2.39. The molecule has 19 heavy (non-hydrogen) atoms. The van der Waals surface area contributed by atoms with Crippen molar-refractivity contribution in [2.45, 2.75) is 51.5 Å². The van der Waals surface area contributed by atoms with E-state index in [1.165, 1.54) is 31.2 Å². The Morgan fingerprint density at radius 3 is 2.74 bits per heavy atom. The Hall–Kier alpha value is -1.51. The number of hydrogen-bond acceptors (Lipinski definition) is 2. The third-order valence-corrected chi connectivity index (χ3v) is 3.88. The van der Waals surface area contributed by atoms with Gasteiger partial charge in [0.25, 0.3) is 0 Å². The number of aliphatic carboxylic acids is 1. The van der Waals surface area contributed by atoms with Gasteiger partial charge < -0.3 is 10.0 Å². The minimum Gasteiger partial charge on any atom is -0.480 e. The van der Waals surface area contributed by atoms with E-state index < -0.39 is 5.97 Å². The Bertz CT molecular complexity index is 431. The number of hydrogen-bond donors (Lipinski definition) is 1. The van der Waals surface area contributed by atoms with Gasteiger partial charge in [0.05, 0.1) is 0 Å². The highest BCUT2D eigenvalue weighted by atomic mass is 16.4. The van der Waals surface area contributed by atoms with Crippen LogP contribution in [0.3, 0.4) is 0 Å². The van der Waals surface area contributed by atoms with Crippen molar-refractivity contribution in [3.05, 3.63) is 29.8 Å². The van der Waals surface area contributed by atoms with Crippen LogP contribution in [0.1, 0.15) is 44.6 Å². The maximum atomic E-state index is 11.4. The number of rotatable bonds is 7. The average molecular weight is 261 g/mol. The van der Waals surface area contributed by atoms with Crippen molar-refractivity contribution in [2.24, 2.45) is 0 Å². The molecule has 0 bridgehead atoms. The lowest BCUT2D eigenvalue weighted by Gasteiger charge is -2.24. The highest BCUT2D eigenvalue weighted by Gasteiger charge is 2.33. The molecule has 2 rings (SSSR count). The molecule has 0 saturated heterocycles. The van der Waals surface area contributed by atoms with Crippen molar-refractivity contribution in [1.29, 1.82) is 0 Å². The summed E-state index contributed by atoms with van der Waals surface area (Å²) in [6, 6.07) is 7.70. The molecule has 0 aliphatic carbocycles. The predicted molar refractivity (Wildman–Crippen MR) is 77.7 cm³/mol. The number of fused-ring (bicyclic) bond motifs is 1. The number of nitrogens with zero attached hydrogens (tertiary/aromatic N) is 1. The smallest absolute Gasteiger partial charge is 0.326 e. The fourth-order valence-electron chi connectivity index (χ4n) is 2.83. The number of carbonyl (C=O) groups is 1. The molecule has 0 fully saturated rings. The second-order valence-corrected chi connectivity index (χ2v) is 5.29. The SMILES string of the molecule is CCCCCCCN1c2ccccc2CC1C(=O)O. The summed E-state index contributed by atoms with van der Waals surface area (Å²) in [4.78, 5) is 13.4. The van der Waals surface area contributed by atoms with Crippen LogP contribution in [-0.2, 0) is 11.2 Å². The Morgan fingerprint density at radius 2 is 2.00 bits per heavy atom. The Morgan fingerprint density at radius 1 is 1.26 bits per heavy atom. The first kappa shape index (κ1) is 13.9. The lowest BCUT2D eigenvalue weighted by atomic mass is 10.1. The van der Waals surface area contributed by atoms with Gasteiger partial charge in [0.1, 0.15) is 6.04 Å². The molecule has 0 spiro atoms. The zero-order valence-corrected chi connectivity index (χ0v) is 11.6. The first-order chi connectivity index (χ1) is 9.24. The van der Waals surface area contributed by atoms with E-state index >= 15 is 0 Å². The van der Waals surface area contributed by atoms with E-state index in [4.69, 9.17) is 0 Å². The first-order valence-corrected chi connectivity index (χ1v) is 7.31. The molecule has 1 N–H and O–H groups in total. The Kier molecular flexibility index (Phi) is 4.83. The fraction of sp³-hybridized carbons (Fsp3) is 0.562. The van der Waals surface area contributed by atoms with Gasteiger partial charge in [0.15, 0.2) is 0 Å². The molecular weight excluding hydrogens is 238 g/mol. The van der Waals surface area contributed by atoms with E-state index in [2.05, 4.69) is 11.8 Å². The molecule has 3 nitrogen and oxygen atoms in total. The average Bonchev–Trinajstić information content (AvgIpc) is 2.78. The van der Waals surface area contributed by atoms with Gasteiger partial charge in [-0.1, -0.05) is 50.8 Å². The van der Waals surface area contributed by atoms with E-state index in [1.54, 1.807) is 0 Å². The van der Waals surface area contributed by atoms with Crippen molar-refractivity contribution >= 4 is 11.7 Å². The van der Waals surface area contributed by atoms with E-state index in [0.29, 0.717) is 6.42 Å². The summed E-state index contributed by atoms with van der Waals surface area (Å²) in [5.41, 5.74) is 2.29. The molecular formula is C16H23NO2. The quantitative estimate of drug-likeness (QED) is 0.764. The minimum absolute atomic E-state index is 0.372. The second-order valence-electron chi connectivity index (χ2n) is 5.29. The molecule has 1 aromatic rings. The molecule has 1 heterocycles. The number of carboxylic acids is 1. The molecule has 0 radical (unpaired) electrons. The Balaban J connectivity index is 1.97. The predicted octanol–water partition coefficient (Wildman–Crippen LogP) is 3.47. The van der Waals surface area contributed by atoms with Crippen LogP contribution in [0.4, 0.5) is 5.69 Å². The third-order valence-electron chi connectivity index (χ3n) is 3.88. The molecule has 1 aliphatic rings. The molecule has 0 saturated carbocycles. The zero-order chi connectivity index (χ0) is 13.7. The lowest BCUT2D eigenvalue weighted by molar-refractivity contribution is -0.138. The van der Waals surface area contributed by atoms with Crippen LogP contribution in [-0.4, -0.2) is 23.7 Å². The molecule has 0 amide bonds. The summed E-state index contributed by atoms with van der Waals surface area (Å²) < 4.78 is 0. The van der Waals surface area contributed by atoms with Crippen LogP contribution in [0.15, 0.2) is 24.3 Å². The van der Waals surface area contributed by atoms with Gasteiger partial charge in [-0.3, -0.25) is 0 Å². The summed E-state index contributed by atoms with van der Waals surface area (Å²) in [7, 11) is 0. The van der Waals surface area contributed by atoms with Gasteiger partial charge in [-0.05, 0) is 18.1 Å². The van der Waals surface area contributed by atoms with Gasteiger partial charge in [0, 0.05) is 18.7 Å². The van der Waals surface area contributed by atoms with Crippen LogP contribution in [0, 0.1) is 0 Å². The van der Waals surface area contributed by atoms with Gasteiger partial charge in [-0.25, -0.2) is 4.79 Å². The number of carboxylic acid groups (broad SMARTS) is 1. The first-order valence-electron chi connectivity index (χ1n) is 7.31. The standard InChI is InChI=1S/C16H23NO2/c1-2-3-4-5-8-11-17-14-10-7-6-9-13(14)12-15(17)16(18)19/h6-7,9-10,15H,2-5,8,11-12H2,1H3,(H,18,19). The van der Waals surface area contributed by atoms with Gasteiger partial charge >= 0.3 is 5.97 Å². The van der Waals surface area contributed by atoms with Gasteiger partial charge in [-0.15, -0.1) is 0 Å². The number of benzene rings is 1. The monoisotopic (exact) mass is 261 g/mol. The van der Waals surface area contributed by atoms with Gasteiger partial charge in [0.2, 0.25) is 0 Å². The van der Waals surface area contributed by atoms with Crippen molar-refractivity contribution in [2.75, 3.05) is 11.4 Å². The molecule has 1 aliphatic heterocycles. The van der Waals surface area contributed by atoms with E-state index in [0.717, 1.165) is 18.7 Å². The van der Waals surface area contributed by atoms with Crippen molar-refractivity contribution in [3.63, 3.8) is 0 Å². The minimum atomic E-state index is -0.704. The summed E-state index contributed by atoms with van der Waals surface area (Å²) in [6.45, 7) is 3.06. The van der Waals surface area contributed by atoms with E-state index in [-0.39, 0.29) is 6.04 Å². The molecule has 104 valence electrons. The fourth-order valence-corrected chi connectivity index (χ4v) is 2.83.